The van der Waals surface area contributed by atoms with Crippen molar-refractivity contribution in [1.29, 1.82) is 0 Å². The molecule has 0 spiro atoms. The van der Waals surface area contributed by atoms with Gasteiger partial charge in [-0.05, 0) is 47.1 Å². The Balaban J connectivity index is 2.42. The fraction of sp³-hybridized carbons (Fsp3) is 0.231. The molecule has 2 rings (SSSR count). The van der Waals surface area contributed by atoms with Gasteiger partial charge >= 0.3 is 5.97 Å². The molecule has 0 fully saturated rings. The average Bonchev–Trinajstić information content (AvgIpc) is 2.66. The molecule has 0 amide bonds. The highest BCUT2D eigenvalue weighted by Gasteiger charge is 2.19. The van der Waals surface area contributed by atoms with Gasteiger partial charge in [-0.25, -0.2) is 9.78 Å². The number of rotatable bonds is 4. The summed E-state index contributed by atoms with van der Waals surface area (Å²) < 4.78 is 7.23. The van der Waals surface area contributed by atoms with Crippen LogP contribution in [0, 0.1) is 0 Å². The second-order valence-electron chi connectivity index (χ2n) is 3.90. The standard InChI is InChI=1S/C13H13BrN2O3/c1-3-19-9-6-4-8(5-7-9)12-15-11(14)10(13(17)18)16(12)2/h4-7H,3H2,1-2H3,(H,17,18). The lowest BCUT2D eigenvalue weighted by atomic mass is 10.2. The normalized spacial score (nSPS) is 10.5. The molecule has 1 N–H and O–H groups in total. The van der Waals surface area contributed by atoms with Gasteiger partial charge in [0.05, 0.1) is 6.61 Å². The van der Waals surface area contributed by atoms with Crippen LogP contribution < -0.4 is 4.74 Å². The maximum Gasteiger partial charge on any atom is 0.355 e. The van der Waals surface area contributed by atoms with Gasteiger partial charge in [0.25, 0.3) is 0 Å². The topological polar surface area (TPSA) is 64.3 Å². The molecule has 0 unspecified atom stereocenters. The van der Waals surface area contributed by atoms with Crippen molar-refractivity contribution in [1.82, 2.24) is 9.55 Å². The Morgan fingerprint density at radius 3 is 2.53 bits per heavy atom. The first-order chi connectivity index (χ1) is 9.04. The number of benzene rings is 1. The van der Waals surface area contributed by atoms with Crippen molar-refractivity contribution >= 4 is 21.9 Å². The summed E-state index contributed by atoms with van der Waals surface area (Å²) in [7, 11) is 1.67. The van der Waals surface area contributed by atoms with Gasteiger partial charge in [-0.2, -0.15) is 0 Å². The third-order valence-electron chi connectivity index (χ3n) is 2.68. The lowest BCUT2D eigenvalue weighted by molar-refractivity contribution is 0.0685. The van der Waals surface area contributed by atoms with Gasteiger partial charge < -0.3 is 14.4 Å². The Bertz CT molecular complexity index is 605. The number of halogens is 1. The molecule has 0 bridgehead atoms. The van der Waals surface area contributed by atoms with Gasteiger partial charge in [-0.15, -0.1) is 0 Å². The molecule has 0 aliphatic heterocycles. The van der Waals surface area contributed by atoms with E-state index in [-0.39, 0.29) is 5.69 Å². The third-order valence-corrected chi connectivity index (χ3v) is 3.23. The van der Waals surface area contributed by atoms with E-state index in [0.717, 1.165) is 11.3 Å². The number of ether oxygens (including phenoxy) is 1. The van der Waals surface area contributed by atoms with Crippen LogP contribution in [-0.2, 0) is 7.05 Å². The van der Waals surface area contributed by atoms with Crippen molar-refractivity contribution in [2.75, 3.05) is 6.61 Å². The van der Waals surface area contributed by atoms with E-state index >= 15 is 0 Å². The van der Waals surface area contributed by atoms with E-state index in [1.807, 2.05) is 31.2 Å². The van der Waals surface area contributed by atoms with Crippen molar-refractivity contribution in [3.8, 4) is 17.1 Å². The highest BCUT2D eigenvalue weighted by Crippen LogP contribution is 2.26. The van der Waals surface area contributed by atoms with Gasteiger partial charge in [0.1, 0.15) is 16.2 Å². The number of hydrogen-bond acceptors (Lipinski definition) is 3. The fourth-order valence-corrected chi connectivity index (χ4v) is 2.43. The maximum atomic E-state index is 11.1. The molecule has 100 valence electrons. The molecule has 2 aromatic rings. The van der Waals surface area contributed by atoms with E-state index in [2.05, 4.69) is 20.9 Å². The number of imidazole rings is 1. The van der Waals surface area contributed by atoms with E-state index < -0.39 is 5.97 Å². The number of hydrogen-bond donors (Lipinski definition) is 1. The molecule has 0 saturated heterocycles. The minimum Gasteiger partial charge on any atom is -0.494 e. The van der Waals surface area contributed by atoms with Crippen molar-refractivity contribution in [3.63, 3.8) is 0 Å². The SMILES string of the molecule is CCOc1ccc(-c2nc(Br)c(C(=O)O)n2C)cc1. The number of nitrogens with zero attached hydrogens (tertiary/aromatic N) is 2. The molecule has 0 saturated carbocycles. The summed E-state index contributed by atoms with van der Waals surface area (Å²) in [6.07, 6.45) is 0. The first kappa shape index (κ1) is 13.6. The third kappa shape index (κ3) is 2.63. The quantitative estimate of drug-likeness (QED) is 0.939. The zero-order valence-corrected chi connectivity index (χ0v) is 12.1. The molecule has 1 aromatic heterocycles. The zero-order valence-electron chi connectivity index (χ0n) is 10.6. The molecule has 0 radical (unpaired) electrons. The molecule has 0 aliphatic carbocycles. The smallest absolute Gasteiger partial charge is 0.355 e. The molecule has 1 aromatic carbocycles. The van der Waals surface area contributed by atoms with E-state index in [4.69, 9.17) is 9.84 Å². The molecule has 6 heteroatoms. The van der Waals surface area contributed by atoms with E-state index in [1.54, 1.807) is 11.6 Å². The van der Waals surface area contributed by atoms with Crippen LogP contribution >= 0.6 is 15.9 Å². The molecule has 0 atom stereocenters. The minimum atomic E-state index is -1.01. The Morgan fingerprint density at radius 2 is 2.05 bits per heavy atom. The molecular weight excluding hydrogens is 312 g/mol. The van der Waals surface area contributed by atoms with Crippen LogP contribution in [0.25, 0.3) is 11.4 Å². The van der Waals surface area contributed by atoms with Crippen molar-refractivity contribution in [2.45, 2.75) is 6.92 Å². The van der Waals surface area contributed by atoms with Crippen molar-refractivity contribution in [3.05, 3.63) is 34.6 Å². The summed E-state index contributed by atoms with van der Waals surface area (Å²) in [5, 5.41) is 9.11. The van der Waals surface area contributed by atoms with Crippen LogP contribution in [0.3, 0.4) is 0 Å². The largest absolute Gasteiger partial charge is 0.494 e. The minimum absolute atomic E-state index is 0.129. The van der Waals surface area contributed by atoms with Gasteiger partial charge in [0.15, 0.2) is 5.69 Å². The average molecular weight is 325 g/mol. The van der Waals surface area contributed by atoms with Gasteiger partial charge in [0.2, 0.25) is 0 Å². The van der Waals surface area contributed by atoms with Crippen LogP contribution in [0.1, 0.15) is 17.4 Å². The predicted octanol–water partition coefficient (Wildman–Crippen LogP) is 2.95. The number of carboxylic acid groups (broad SMARTS) is 1. The summed E-state index contributed by atoms with van der Waals surface area (Å²) in [4.78, 5) is 15.4. The number of aromatic carboxylic acids is 1. The van der Waals surface area contributed by atoms with Crippen molar-refractivity contribution < 1.29 is 14.6 Å². The Labute approximate surface area is 119 Å². The Hall–Kier alpha value is -1.82. The number of carbonyl (C=O) groups is 1. The van der Waals surface area contributed by atoms with Gasteiger partial charge in [0, 0.05) is 12.6 Å². The van der Waals surface area contributed by atoms with E-state index in [0.29, 0.717) is 17.0 Å². The van der Waals surface area contributed by atoms with Crippen LogP contribution in [0.4, 0.5) is 0 Å². The maximum absolute atomic E-state index is 11.1. The molecule has 0 aliphatic rings. The van der Waals surface area contributed by atoms with E-state index in [9.17, 15) is 4.79 Å². The Morgan fingerprint density at radius 1 is 1.42 bits per heavy atom. The second-order valence-corrected chi connectivity index (χ2v) is 4.65. The predicted molar refractivity (Wildman–Crippen MR) is 74.5 cm³/mol. The molecule has 19 heavy (non-hydrogen) atoms. The van der Waals surface area contributed by atoms with E-state index in [1.165, 1.54) is 0 Å². The first-order valence-corrected chi connectivity index (χ1v) is 6.52. The van der Waals surface area contributed by atoms with Crippen molar-refractivity contribution in [2.24, 2.45) is 7.05 Å². The summed E-state index contributed by atoms with van der Waals surface area (Å²) >= 11 is 3.17. The van der Waals surface area contributed by atoms with Crippen LogP contribution in [0.15, 0.2) is 28.9 Å². The lowest BCUT2D eigenvalue weighted by Crippen LogP contribution is -2.05. The lowest BCUT2D eigenvalue weighted by Gasteiger charge is -2.05. The highest BCUT2D eigenvalue weighted by molar-refractivity contribution is 9.10. The zero-order chi connectivity index (χ0) is 14.0. The number of aromatic nitrogens is 2. The number of carboxylic acids is 1. The molecule has 5 nitrogen and oxygen atoms in total. The first-order valence-electron chi connectivity index (χ1n) is 5.73. The van der Waals surface area contributed by atoms with Crippen LogP contribution in [0.2, 0.25) is 0 Å². The Kier molecular flexibility index (Phi) is 3.90. The van der Waals surface area contributed by atoms with Crippen LogP contribution in [-0.4, -0.2) is 27.2 Å². The van der Waals surface area contributed by atoms with Gasteiger partial charge in [-0.1, -0.05) is 0 Å². The second kappa shape index (κ2) is 5.44. The summed E-state index contributed by atoms with van der Waals surface area (Å²) in [5.41, 5.74) is 0.961. The summed E-state index contributed by atoms with van der Waals surface area (Å²) in [5.74, 6) is 0.351. The highest BCUT2D eigenvalue weighted by atomic mass is 79.9. The summed E-state index contributed by atoms with van der Waals surface area (Å²) in [6.45, 7) is 2.53. The fourth-order valence-electron chi connectivity index (χ4n) is 1.82. The van der Waals surface area contributed by atoms with Crippen LogP contribution in [0.5, 0.6) is 5.75 Å². The van der Waals surface area contributed by atoms with Gasteiger partial charge in [-0.3, -0.25) is 0 Å². The summed E-state index contributed by atoms with van der Waals surface area (Å²) in [6, 6.07) is 7.38. The molecule has 1 heterocycles. The molecular formula is C13H13BrN2O3. The monoisotopic (exact) mass is 324 g/mol.